The molecule has 0 aromatic heterocycles. The fourth-order valence-electron chi connectivity index (χ4n) is 2.38. The summed E-state index contributed by atoms with van der Waals surface area (Å²) < 4.78 is 11.4. The molecule has 3 atom stereocenters. The van der Waals surface area contributed by atoms with Gasteiger partial charge in [0.25, 0.3) is 0 Å². The second-order valence-electron chi connectivity index (χ2n) is 6.00. The van der Waals surface area contributed by atoms with Crippen molar-refractivity contribution in [2.45, 2.75) is 32.4 Å². The molecule has 0 saturated carbocycles. The third-order valence-corrected chi connectivity index (χ3v) is 3.89. The molecule has 2 rings (SSSR count). The van der Waals surface area contributed by atoms with Gasteiger partial charge in [-0.3, -0.25) is 4.79 Å². The minimum Gasteiger partial charge on any atom is -0.493 e. The smallest absolute Gasteiger partial charge is 0.322 e. The van der Waals surface area contributed by atoms with E-state index >= 15 is 0 Å². The molecule has 0 bridgehead atoms. The summed E-state index contributed by atoms with van der Waals surface area (Å²) in [7, 11) is 0. The molecule has 0 saturated heterocycles. The van der Waals surface area contributed by atoms with E-state index in [9.17, 15) is 4.79 Å². The fraction of sp³-hybridized carbons (Fsp3) is 0.350. The van der Waals surface area contributed by atoms with Crippen LogP contribution in [0, 0.1) is 5.92 Å². The predicted octanol–water partition coefficient (Wildman–Crippen LogP) is 3.20. The van der Waals surface area contributed by atoms with E-state index in [4.69, 9.17) is 15.2 Å². The van der Waals surface area contributed by atoms with Crippen LogP contribution in [0.1, 0.15) is 19.4 Å². The summed E-state index contributed by atoms with van der Waals surface area (Å²) in [4.78, 5) is 11.8. The Kier molecular flexibility index (Phi) is 6.82. The molecule has 2 aromatic rings. The molecule has 0 fully saturated rings. The third kappa shape index (κ3) is 5.70. The van der Waals surface area contributed by atoms with Gasteiger partial charge in [-0.25, -0.2) is 0 Å². The quantitative estimate of drug-likeness (QED) is 0.756. The Balaban J connectivity index is 2.03. The van der Waals surface area contributed by atoms with Crippen molar-refractivity contribution >= 4 is 5.97 Å². The average molecular weight is 327 g/mol. The maximum absolute atomic E-state index is 11.8. The highest BCUT2D eigenvalue weighted by Crippen LogP contribution is 2.18. The SMILES string of the molecule is CC(N)C(=O)O[C@@H](C)[C@@H](COc1ccccc1)Cc1ccccc1. The lowest BCUT2D eigenvalue weighted by Crippen LogP contribution is -2.36. The van der Waals surface area contributed by atoms with Gasteiger partial charge in [-0.05, 0) is 38.0 Å². The summed E-state index contributed by atoms with van der Waals surface area (Å²) in [6.45, 7) is 3.98. The molecule has 0 aliphatic carbocycles. The highest BCUT2D eigenvalue weighted by Gasteiger charge is 2.23. The first-order valence-corrected chi connectivity index (χ1v) is 8.24. The molecular formula is C20H25NO3. The Bertz CT molecular complexity index is 613. The normalized spacial score (nSPS) is 14.5. The van der Waals surface area contributed by atoms with Crippen molar-refractivity contribution in [3.05, 3.63) is 66.2 Å². The summed E-state index contributed by atoms with van der Waals surface area (Å²) in [5.41, 5.74) is 6.78. The number of carbonyl (C=O) groups excluding carboxylic acids is 1. The van der Waals surface area contributed by atoms with Gasteiger partial charge in [0.2, 0.25) is 0 Å². The second kappa shape index (κ2) is 9.08. The van der Waals surface area contributed by atoms with Gasteiger partial charge in [0.05, 0.1) is 6.61 Å². The van der Waals surface area contributed by atoms with Crippen LogP contribution in [0.25, 0.3) is 0 Å². The number of hydrogen-bond acceptors (Lipinski definition) is 4. The van der Waals surface area contributed by atoms with Gasteiger partial charge in [-0.1, -0.05) is 48.5 Å². The Hall–Kier alpha value is -2.33. The summed E-state index contributed by atoms with van der Waals surface area (Å²) in [5, 5.41) is 0. The van der Waals surface area contributed by atoms with E-state index in [0.29, 0.717) is 6.61 Å². The number of para-hydroxylation sites is 1. The topological polar surface area (TPSA) is 61.6 Å². The molecule has 0 radical (unpaired) electrons. The highest BCUT2D eigenvalue weighted by atomic mass is 16.5. The molecule has 4 heteroatoms. The lowest BCUT2D eigenvalue weighted by molar-refractivity contribution is -0.152. The number of ether oxygens (including phenoxy) is 2. The predicted molar refractivity (Wildman–Crippen MR) is 94.8 cm³/mol. The van der Waals surface area contributed by atoms with E-state index in [0.717, 1.165) is 12.2 Å². The second-order valence-corrected chi connectivity index (χ2v) is 6.00. The first kappa shape index (κ1) is 18.0. The van der Waals surface area contributed by atoms with Crippen LogP contribution in [-0.4, -0.2) is 24.7 Å². The minimum absolute atomic E-state index is 0.0373. The molecule has 24 heavy (non-hydrogen) atoms. The number of nitrogens with two attached hydrogens (primary N) is 1. The molecule has 0 heterocycles. The monoisotopic (exact) mass is 327 g/mol. The van der Waals surface area contributed by atoms with Crippen molar-refractivity contribution in [3.63, 3.8) is 0 Å². The van der Waals surface area contributed by atoms with Gasteiger partial charge in [-0.15, -0.1) is 0 Å². The van der Waals surface area contributed by atoms with Crippen LogP contribution >= 0.6 is 0 Å². The lowest BCUT2D eigenvalue weighted by Gasteiger charge is -2.25. The van der Waals surface area contributed by atoms with Crippen LogP contribution in [0.5, 0.6) is 5.75 Å². The maximum Gasteiger partial charge on any atom is 0.322 e. The molecule has 2 aromatic carbocycles. The van der Waals surface area contributed by atoms with E-state index in [2.05, 4.69) is 12.1 Å². The van der Waals surface area contributed by atoms with Gasteiger partial charge in [-0.2, -0.15) is 0 Å². The van der Waals surface area contributed by atoms with Crippen LogP contribution in [0.2, 0.25) is 0 Å². The number of benzene rings is 2. The zero-order chi connectivity index (χ0) is 17.4. The van der Waals surface area contributed by atoms with Crippen molar-refractivity contribution in [1.82, 2.24) is 0 Å². The number of hydrogen-bond donors (Lipinski definition) is 1. The molecule has 4 nitrogen and oxygen atoms in total. The van der Waals surface area contributed by atoms with Gasteiger partial charge >= 0.3 is 5.97 Å². The average Bonchev–Trinajstić information content (AvgIpc) is 2.60. The van der Waals surface area contributed by atoms with Crippen LogP contribution in [0.4, 0.5) is 0 Å². The molecule has 2 N–H and O–H groups in total. The molecular weight excluding hydrogens is 302 g/mol. The maximum atomic E-state index is 11.8. The third-order valence-electron chi connectivity index (χ3n) is 3.89. The Labute approximate surface area is 143 Å². The van der Waals surface area contributed by atoms with Crippen molar-refractivity contribution in [3.8, 4) is 5.75 Å². The Morgan fingerprint density at radius 3 is 2.17 bits per heavy atom. The highest BCUT2D eigenvalue weighted by molar-refractivity contribution is 5.75. The van der Waals surface area contributed by atoms with E-state index in [1.54, 1.807) is 6.92 Å². The number of rotatable bonds is 8. The summed E-state index contributed by atoms with van der Waals surface area (Å²) >= 11 is 0. The van der Waals surface area contributed by atoms with Crippen molar-refractivity contribution in [2.75, 3.05) is 6.61 Å². The minimum atomic E-state index is -0.625. The molecule has 0 aliphatic heterocycles. The largest absolute Gasteiger partial charge is 0.493 e. The number of carbonyl (C=O) groups is 1. The summed E-state index contributed by atoms with van der Waals surface area (Å²) in [6, 6.07) is 19.1. The molecule has 128 valence electrons. The zero-order valence-electron chi connectivity index (χ0n) is 14.2. The molecule has 0 spiro atoms. The molecule has 0 amide bonds. The summed E-state index contributed by atoms with van der Waals surface area (Å²) in [6.07, 6.45) is 0.480. The van der Waals surface area contributed by atoms with E-state index < -0.39 is 6.04 Å². The van der Waals surface area contributed by atoms with Gasteiger partial charge < -0.3 is 15.2 Å². The van der Waals surface area contributed by atoms with Gasteiger partial charge in [0.15, 0.2) is 0 Å². The first-order valence-electron chi connectivity index (χ1n) is 8.24. The van der Waals surface area contributed by atoms with Crippen LogP contribution in [0.3, 0.4) is 0 Å². The van der Waals surface area contributed by atoms with Gasteiger partial charge in [0, 0.05) is 5.92 Å². The van der Waals surface area contributed by atoms with Crippen molar-refractivity contribution in [2.24, 2.45) is 11.7 Å². The summed E-state index contributed by atoms with van der Waals surface area (Å²) in [5.74, 6) is 0.455. The molecule has 1 unspecified atom stereocenters. The van der Waals surface area contributed by atoms with Crippen LogP contribution in [0.15, 0.2) is 60.7 Å². The van der Waals surface area contributed by atoms with E-state index in [-0.39, 0.29) is 18.0 Å². The first-order chi connectivity index (χ1) is 11.6. The zero-order valence-corrected chi connectivity index (χ0v) is 14.2. The Morgan fingerprint density at radius 1 is 1.00 bits per heavy atom. The van der Waals surface area contributed by atoms with Crippen molar-refractivity contribution < 1.29 is 14.3 Å². The fourth-order valence-corrected chi connectivity index (χ4v) is 2.38. The lowest BCUT2D eigenvalue weighted by atomic mass is 9.95. The number of esters is 1. The van der Waals surface area contributed by atoms with Crippen molar-refractivity contribution in [1.29, 1.82) is 0 Å². The standard InChI is InChI=1S/C20H25NO3/c1-15(21)20(22)24-16(2)18(13-17-9-5-3-6-10-17)14-23-19-11-7-4-8-12-19/h3-12,15-16,18H,13-14,21H2,1-2H3/t15?,16-,18+/m0/s1. The van der Waals surface area contributed by atoms with Crippen LogP contribution in [-0.2, 0) is 16.0 Å². The van der Waals surface area contributed by atoms with E-state index in [1.165, 1.54) is 5.56 Å². The van der Waals surface area contributed by atoms with E-state index in [1.807, 2.05) is 55.5 Å². The van der Waals surface area contributed by atoms with Crippen LogP contribution < -0.4 is 10.5 Å². The van der Waals surface area contributed by atoms with Gasteiger partial charge in [0.1, 0.15) is 17.9 Å². The molecule has 0 aliphatic rings. The Morgan fingerprint density at radius 2 is 1.58 bits per heavy atom.